The van der Waals surface area contributed by atoms with Crippen LogP contribution in [0, 0.1) is 11.7 Å². The van der Waals surface area contributed by atoms with E-state index in [4.69, 9.17) is 0 Å². The molecule has 0 bridgehead atoms. The number of rotatable bonds is 4. The molecule has 0 spiro atoms. The van der Waals surface area contributed by atoms with E-state index in [0.717, 1.165) is 17.5 Å². The van der Waals surface area contributed by atoms with Crippen LogP contribution in [0.25, 0.3) is 5.69 Å². The van der Waals surface area contributed by atoms with E-state index in [9.17, 15) is 23.9 Å². The van der Waals surface area contributed by atoms with E-state index in [1.165, 1.54) is 36.4 Å². The second-order valence-corrected chi connectivity index (χ2v) is 6.95. The Hall–Kier alpha value is -3.03. The van der Waals surface area contributed by atoms with Crippen LogP contribution in [0.2, 0.25) is 0 Å². The highest BCUT2D eigenvalue weighted by molar-refractivity contribution is 5.93. The van der Waals surface area contributed by atoms with Crippen molar-refractivity contribution in [3.63, 3.8) is 0 Å². The maximum atomic E-state index is 13.1. The zero-order chi connectivity index (χ0) is 19.6. The summed E-state index contributed by atoms with van der Waals surface area (Å²) in [5.41, 5.74) is -1.05. The van der Waals surface area contributed by atoms with Crippen LogP contribution in [0.4, 0.5) is 4.39 Å². The van der Waals surface area contributed by atoms with Gasteiger partial charge in [0.15, 0.2) is 0 Å². The molecule has 7 nitrogen and oxygen atoms in total. The number of carboxylic acid groups (broad SMARTS) is 1. The molecule has 27 heavy (non-hydrogen) atoms. The minimum Gasteiger partial charge on any atom is -0.481 e. The van der Waals surface area contributed by atoms with Gasteiger partial charge in [0.05, 0.1) is 17.1 Å². The standard InChI is InChI=1S/C19H20FN3O4/c1-19(11-3-2-4-14(19)18(26)27)21-17(25)15-9-10-16(24)23(22-15)13-7-5-12(20)6-8-13/h5-10,14H,2-4,11H2,1H3,(H,21,25)(H,26,27). The topological polar surface area (TPSA) is 101 Å². The van der Waals surface area contributed by atoms with Crippen LogP contribution in [0.1, 0.15) is 43.1 Å². The van der Waals surface area contributed by atoms with Crippen molar-refractivity contribution in [3.8, 4) is 5.69 Å². The SMILES string of the molecule is CC1(NC(=O)c2ccc(=O)n(-c3ccc(F)cc3)n2)CCCCC1C(=O)O. The monoisotopic (exact) mass is 373 g/mol. The Balaban J connectivity index is 1.89. The molecule has 2 aromatic rings. The number of nitrogens with zero attached hydrogens (tertiary/aromatic N) is 2. The molecule has 1 aliphatic rings. The summed E-state index contributed by atoms with van der Waals surface area (Å²) in [6, 6.07) is 7.64. The third kappa shape index (κ3) is 3.89. The van der Waals surface area contributed by atoms with Crippen LogP contribution >= 0.6 is 0 Å². The molecule has 8 heteroatoms. The van der Waals surface area contributed by atoms with E-state index >= 15 is 0 Å². The molecule has 1 aliphatic carbocycles. The van der Waals surface area contributed by atoms with Gasteiger partial charge in [0.25, 0.3) is 11.5 Å². The smallest absolute Gasteiger partial charge is 0.308 e. The summed E-state index contributed by atoms with van der Waals surface area (Å²) in [5, 5.41) is 16.3. The predicted octanol–water partition coefficient (Wildman–Crippen LogP) is 2.13. The van der Waals surface area contributed by atoms with E-state index in [0.29, 0.717) is 18.5 Å². The molecule has 2 atom stereocenters. The number of nitrogens with one attached hydrogen (secondary N) is 1. The van der Waals surface area contributed by atoms with Crippen molar-refractivity contribution in [1.29, 1.82) is 0 Å². The van der Waals surface area contributed by atoms with Gasteiger partial charge < -0.3 is 10.4 Å². The maximum absolute atomic E-state index is 13.1. The van der Waals surface area contributed by atoms with Gasteiger partial charge in [0.1, 0.15) is 11.5 Å². The molecule has 1 saturated carbocycles. The van der Waals surface area contributed by atoms with Crippen molar-refractivity contribution < 1.29 is 19.1 Å². The Morgan fingerprint density at radius 1 is 1.22 bits per heavy atom. The zero-order valence-electron chi connectivity index (χ0n) is 14.8. The van der Waals surface area contributed by atoms with Crippen LogP contribution in [0.3, 0.4) is 0 Å². The maximum Gasteiger partial charge on any atom is 0.308 e. The molecular formula is C19H20FN3O4. The fourth-order valence-electron chi connectivity index (χ4n) is 3.50. The van der Waals surface area contributed by atoms with Crippen LogP contribution in [0.15, 0.2) is 41.2 Å². The van der Waals surface area contributed by atoms with Gasteiger partial charge in [0, 0.05) is 6.07 Å². The Morgan fingerprint density at radius 2 is 1.93 bits per heavy atom. The average molecular weight is 373 g/mol. The molecule has 0 saturated heterocycles. The fraction of sp³-hybridized carbons (Fsp3) is 0.368. The number of carboxylic acids is 1. The Labute approximate surface area is 154 Å². The van der Waals surface area contributed by atoms with Gasteiger partial charge in [-0.25, -0.2) is 4.39 Å². The molecule has 3 rings (SSSR count). The number of amides is 1. The Kier molecular flexibility index (Phi) is 5.07. The number of benzene rings is 1. The summed E-state index contributed by atoms with van der Waals surface area (Å²) < 4.78 is 14.1. The number of halogens is 1. The van der Waals surface area contributed by atoms with Gasteiger partial charge in [-0.1, -0.05) is 12.8 Å². The third-order valence-electron chi connectivity index (χ3n) is 5.01. The van der Waals surface area contributed by atoms with Crippen LogP contribution in [0.5, 0.6) is 0 Å². The summed E-state index contributed by atoms with van der Waals surface area (Å²) in [4.78, 5) is 36.3. The molecule has 1 aromatic heterocycles. The summed E-state index contributed by atoms with van der Waals surface area (Å²) >= 11 is 0. The molecule has 1 fully saturated rings. The number of carbonyl (C=O) groups is 2. The van der Waals surface area contributed by atoms with Crippen molar-refractivity contribution in [2.75, 3.05) is 0 Å². The van der Waals surface area contributed by atoms with Gasteiger partial charge in [0.2, 0.25) is 0 Å². The first-order valence-corrected chi connectivity index (χ1v) is 8.72. The molecule has 1 amide bonds. The minimum atomic E-state index is -0.943. The van der Waals surface area contributed by atoms with E-state index in [2.05, 4.69) is 10.4 Å². The van der Waals surface area contributed by atoms with Crippen molar-refractivity contribution in [3.05, 3.63) is 58.3 Å². The molecule has 1 heterocycles. The van der Waals surface area contributed by atoms with Crippen LogP contribution < -0.4 is 10.9 Å². The Morgan fingerprint density at radius 3 is 2.59 bits per heavy atom. The first kappa shape index (κ1) is 18.8. The number of carbonyl (C=O) groups excluding carboxylic acids is 1. The average Bonchev–Trinajstić information content (AvgIpc) is 2.62. The first-order chi connectivity index (χ1) is 12.8. The van der Waals surface area contributed by atoms with E-state index < -0.39 is 34.7 Å². The molecule has 142 valence electrons. The van der Waals surface area contributed by atoms with Gasteiger partial charge in [-0.3, -0.25) is 14.4 Å². The van der Waals surface area contributed by atoms with Gasteiger partial charge in [-0.05, 0) is 50.1 Å². The number of hydrogen-bond acceptors (Lipinski definition) is 4. The molecule has 0 radical (unpaired) electrons. The lowest BCUT2D eigenvalue weighted by molar-refractivity contribution is -0.145. The second kappa shape index (κ2) is 7.30. The summed E-state index contributed by atoms with van der Waals surface area (Å²) in [6.45, 7) is 1.72. The van der Waals surface area contributed by atoms with Gasteiger partial charge >= 0.3 is 5.97 Å². The second-order valence-electron chi connectivity index (χ2n) is 6.95. The Bertz CT molecular complexity index is 925. The molecule has 2 unspecified atom stereocenters. The van der Waals surface area contributed by atoms with Gasteiger partial charge in [-0.15, -0.1) is 0 Å². The van der Waals surface area contributed by atoms with Crippen LogP contribution in [-0.2, 0) is 4.79 Å². The van der Waals surface area contributed by atoms with E-state index in [-0.39, 0.29) is 5.69 Å². The molecular weight excluding hydrogens is 353 g/mol. The summed E-state index contributed by atoms with van der Waals surface area (Å²) in [5.74, 6) is -2.63. The molecule has 2 N–H and O–H groups in total. The van der Waals surface area contributed by atoms with Crippen molar-refractivity contribution >= 4 is 11.9 Å². The first-order valence-electron chi connectivity index (χ1n) is 8.72. The van der Waals surface area contributed by atoms with Crippen molar-refractivity contribution in [2.24, 2.45) is 5.92 Å². The molecule has 1 aromatic carbocycles. The van der Waals surface area contributed by atoms with Crippen molar-refractivity contribution in [1.82, 2.24) is 15.1 Å². The fourth-order valence-corrected chi connectivity index (χ4v) is 3.50. The highest BCUT2D eigenvalue weighted by Gasteiger charge is 2.42. The quantitative estimate of drug-likeness (QED) is 0.855. The van der Waals surface area contributed by atoms with Crippen molar-refractivity contribution in [2.45, 2.75) is 38.1 Å². The lowest BCUT2D eigenvalue weighted by Crippen LogP contribution is -2.55. The van der Waals surface area contributed by atoms with Crippen LogP contribution in [-0.4, -0.2) is 32.3 Å². The summed E-state index contributed by atoms with van der Waals surface area (Å²) in [6.07, 6.45) is 2.67. The predicted molar refractivity (Wildman–Crippen MR) is 95.3 cm³/mol. The minimum absolute atomic E-state index is 0.0186. The molecule has 0 aliphatic heterocycles. The normalized spacial score (nSPS) is 22.2. The lowest BCUT2D eigenvalue weighted by atomic mass is 9.74. The number of aromatic nitrogens is 2. The van der Waals surface area contributed by atoms with E-state index in [1.807, 2.05) is 0 Å². The zero-order valence-corrected chi connectivity index (χ0v) is 14.8. The van der Waals surface area contributed by atoms with Gasteiger partial charge in [-0.2, -0.15) is 9.78 Å². The summed E-state index contributed by atoms with van der Waals surface area (Å²) in [7, 11) is 0. The largest absolute Gasteiger partial charge is 0.481 e. The number of aliphatic carboxylic acids is 1. The highest BCUT2D eigenvalue weighted by Crippen LogP contribution is 2.34. The lowest BCUT2D eigenvalue weighted by Gasteiger charge is -2.39. The third-order valence-corrected chi connectivity index (χ3v) is 5.01. The van der Waals surface area contributed by atoms with E-state index in [1.54, 1.807) is 6.92 Å². The highest BCUT2D eigenvalue weighted by atomic mass is 19.1. The number of hydrogen-bond donors (Lipinski definition) is 2.